The first kappa shape index (κ1) is 45.0. The van der Waals surface area contributed by atoms with Crippen LogP contribution in [-0.2, 0) is 41.5 Å². The lowest BCUT2D eigenvalue weighted by atomic mass is 9.99. The van der Waals surface area contributed by atoms with Crippen LogP contribution in [0.25, 0.3) is 0 Å². The predicted molar refractivity (Wildman–Crippen MR) is 204 cm³/mol. The van der Waals surface area contributed by atoms with Crippen LogP contribution in [0.5, 0.6) is 0 Å². The van der Waals surface area contributed by atoms with Gasteiger partial charge in [-0.15, -0.1) is 0 Å². The van der Waals surface area contributed by atoms with E-state index in [0.717, 1.165) is 11.1 Å². The van der Waals surface area contributed by atoms with Crippen molar-refractivity contribution in [3.05, 3.63) is 71.8 Å². The summed E-state index contributed by atoms with van der Waals surface area (Å²) in [5.74, 6) is -3.30. The maximum absolute atomic E-state index is 14.0. The van der Waals surface area contributed by atoms with E-state index in [1.165, 1.54) is 0 Å². The number of nitrogens with one attached hydrogen (secondary N) is 5. The summed E-state index contributed by atoms with van der Waals surface area (Å²) in [5, 5.41) is 23.3. The average Bonchev–Trinajstić information content (AvgIpc) is 3.05. The summed E-state index contributed by atoms with van der Waals surface area (Å²) in [6.45, 7) is 14.3. The fraction of sp³-hybridized carbons (Fsp3) is 0.550. The van der Waals surface area contributed by atoms with Crippen molar-refractivity contribution in [2.75, 3.05) is 6.54 Å². The largest absolute Gasteiger partial charge is 0.480 e. The van der Waals surface area contributed by atoms with Gasteiger partial charge in [-0.05, 0) is 84.3 Å². The van der Waals surface area contributed by atoms with E-state index >= 15 is 0 Å². The minimum atomic E-state index is -1.25. The van der Waals surface area contributed by atoms with Crippen molar-refractivity contribution in [1.82, 2.24) is 26.6 Å². The van der Waals surface area contributed by atoms with Gasteiger partial charge in [0.1, 0.15) is 35.4 Å². The van der Waals surface area contributed by atoms with Gasteiger partial charge in [0.05, 0.1) is 0 Å². The first-order chi connectivity index (χ1) is 25.2. The molecule has 2 aromatic rings. The summed E-state index contributed by atoms with van der Waals surface area (Å²) in [4.78, 5) is 78.3. The molecule has 0 spiro atoms. The standard InChI is InChI=1S/C40H59N5O9/c1-26(2)23-30(33(46)42-29(36(49)50)21-15-16-22-41-37(51)53-39(3,4)5)43-34(47)31(24-27-17-11-9-12-18-27)44-35(48)32(25-28-19-13-10-14-20-28)45-38(52)54-40(6,7)8/h9-14,17-20,26,29-32H,15-16,21-25H2,1-8H3,(H,41,51)(H,42,46)(H,43,47)(H,44,48)(H,45,52)(H,49,50)/t29-,30+,31-,32-/m1/s1. The lowest BCUT2D eigenvalue weighted by Gasteiger charge is -2.27. The molecule has 0 saturated carbocycles. The Morgan fingerprint density at radius 3 is 1.48 bits per heavy atom. The van der Waals surface area contributed by atoms with Crippen molar-refractivity contribution in [1.29, 1.82) is 0 Å². The molecule has 0 aliphatic rings. The highest BCUT2D eigenvalue weighted by Gasteiger charge is 2.32. The number of carbonyl (C=O) groups excluding carboxylic acids is 5. The summed E-state index contributed by atoms with van der Waals surface area (Å²) < 4.78 is 10.6. The SMILES string of the molecule is CC(C)C[C@H](NC(=O)[C@@H](Cc1ccccc1)NC(=O)[C@@H](Cc1ccccc1)NC(=O)OC(C)(C)C)C(=O)N[C@H](CCCCNC(=O)OC(C)(C)C)C(=O)O. The topological polar surface area (TPSA) is 201 Å². The molecule has 5 amide bonds. The first-order valence-corrected chi connectivity index (χ1v) is 18.4. The molecule has 0 heterocycles. The van der Waals surface area contributed by atoms with E-state index in [0.29, 0.717) is 12.8 Å². The van der Waals surface area contributed by atoms with Crippen LogP contribution in [0.1, 0.15) is 92.2 Å². The molecular formula is C40H59N5O9. The molecule has 0 aromatic heterocycles. The molecule has 0 unspecified atom stereocenters. The first-order valence-electron chi connectivity index (χ1n) is 18.4. The van der Waals surface area contributed by atoms with E-state index in [4.69, 9.17) is 9.47 Å². The molecule has 0 aliphatic heterocycles. The molecule has 2 aromatic carbocycles. The summed E-state index contributed by atoms with van der Waals surface area (Å²) >= 11 is 0. The van der Waals surface area contributed by atoms with Gasteiger partial charge in [0, 0.05) is 19.4 Å². The molecule has 2 rings (SSSR count). The van der Waals surface area contributed by atoms with Gasteiger partial charge in [0.25, 0.3) is 0 Å². The van der Waals surface area contributed by atoms with Crippen LogP contribution in [0.3, 0.4) is 0 Å². The van der Waals surface area contributed by atoms with Gasteiger partial charge < -0.3 is 41.2 Å². The average molecular weight is 754 g/mol. The lowest BCUT2D eigenvalue weighted by Crippen LogP contribution is -2.58. The van der Waals surface area contributed by atoms with Crippen LogP contribution in [-0.4, -0.2) is 82.9 Å². The van der Waals surface area contributed by atoms with Gasteiger partial charge in [-0.3, -0.25) is 14.4 Å². The van der Waals surface area contributed by atoms with Crippen LogP contribution in [0.4, 0.5) is 9.59 Å². The zero-order valence-corrected chi connectivity index (χ0v) is 32.8. The summed E-state index contributed by atoms with van der Waals surface area (Å²) in [7, 11) is 0. The van der Waals surface area contributed by atoms with Gasteiger partial charge in [-0.2, -0.15) is 0 Å². The van der Waals surface area contributed by atoms with E-state index < -0.39 is 71.2 Å². The Balaban J connectivity index is 2.23. The van der Waals surface area contributed by atoms with E-state index in [1.807, 2.05) is 50.2 Å². The molecule has 298 valence electrons. The number of ether oxygens (including phenoxy) is 2. The van der Waals surface area contributed by atoms with Crippen molar-refractivity contribution in [3.8, 4) is 0 Å². The number of aliphatic carboxylic acids is 1. The van der Waals surface area contributed by atoms with Gasteiger partial charge in [-0.25, -0.2) is 14.4 Å². The number of hydrogen-bond acceptors (Lipinski definition) is 8. The maximum atomic E-state index is 14.0. The van der Waals surface area contributed by atoms with Gasteiger partial charge in [0.2, 0.25) is 17.7 Å². The molecule has 6 N–H and O–H groups in total. The van der Waals surface area contributed by atoms with E-state index in [-0.39, 0.29) is 38.1 Å². The maximum Gasteiger partial charge on any atom is 0.408 e. The molecule has 14 nitrogen and oxygen atoms in total. The smallest absolute Gasteiger partial charge is 0.408 e. The monoisotopic (exact) mass is 753 g/mol. The highest BCUT2D eigenvalue weighted by Crippen LogP contribution is 2.13. The van der Waals surface area contributed by atoms with Crippen molar-refractivity contribution < 1.29 is 43.3 Å². The minimum absolute atomic E-state index is 0.0635. The number of carboxylic acid groups (broad SMARTS) is 1. The summed E-state index contributed by atoms with van der Waals surface area (Å²) in [6.07, 6.45) is -0.118. The second kappa shape index (κ2) is 21.5. The molecule has 0 radical (unpaired) electrons. The lowest BCUT2D eigenvalue weighted by molar-refractivity contribution is -0.142. The van der Waals surface area contributed by atoms with E-state index in [2.05, 4.69) is 26.6 Å². The quantitative estimate of drug-likeness (QED) is 0.111. The molecule has 54 heavy (non-hydrogen) atoms. The Morgan fingerprint density at radius 1 is 0.593 bits per heavy atom. The van der Waals surface area contributed by atoms with Crippen molar-refractivity contribution in [2.24, 2.45) is 5.92 Å². The fourth-order valence-corrected chi connectivity index (χ4v) is 5.32. The van der Waals surface area contributed by atoms with Crippen molar-refractivity contribution in [3.63, 3.8) is 0 Å². The second-order valence-electron chi connectivity index (χ2n) is 15.7. The third-order valence-electron chi connectivity index (χ3n) is 7.75. The normalized spacial score (nSPS) is 13.7. The number of carbonyl (C=O) groups is 6. The number of hydrogen-bond donors (Lipinski definition) is 6. The molecular weight excluding hydrogens is 694 g/mol. The predicted octanol–water partition coefficient (Wildman–Crippen LogP) is 4.65. The molecule has 0 bridgehead atoms. The van der Waals surface area contributed by atoms with Crippen LogP contribution >= 0.6 is 0 Å². The van der Waals surface area contributed by atoms with Gasteiger partial charge in [0.15, 0.2) is 0 Å². The number of amides is 5. The number of alkyl carbamates (subject to hydrolysis) is 2. The Bertz CT molecular complexity index is 1520. The highest BCUT2D eigenvalue weighted by molar-refractivity contribution is 5.95. The summed E-state index contributed by atoms with van der Waals surface area (Å²) in [5.41, 5.74) is 0.0215. The molecule has 14 heteroatoms. The molecule has 0 saturated heterocycles. The number of rotatable bonds is 19. The number of benzene rings is 2. The third-order valence-corrected chi connectivity index (χ3v) is 7.75. The Hall–Kier alpha value is -5.14. The van der Waals surface area contributed by atoms with E-state index in [9.17, 15) is 33.9 Å². The Labute approximate surface area is 318 Å². The number of unbranched alkanes of at least 4 members (excludes halogenated alkanes) is 1. The molecule has 4 atom stereocenters. The number of carboxylic acids is 1. The molecule has 0 fully saturated rings. The Morgan fingerprint density at radius 2 is 1.02 bits per heavy atom. The minimum Gasteiger partial charge on any atom is -0.480 e. The second-order valence-corrected chi connectivity index (χ2v) is 15.7. The zero-order valence-electron chi connectivity index (χ0n) is 32.8. The van der Waals surface area contributed by atoms with Gasteiger partial charge in [-0.1, -0.05) is 74.5 Å². The summed E-state index contributed by atoms with van der Waals surface area (Å²) in [6, 6.07) is 13.4. The van der Waals surface area contributed by atoms with Crippen LogP contribution < -0.4 is 26.6 Å². The Kier molecular flexibility index (Phi) is 18.0. The van der Waals surface area contributed by atoms with Gasteiger partial charge >= 0.3 is 18.2 Å². The van der Waals surface area contributed by atoms with Crippen molar-refractivity contribution >= 4 is 35.9 Å². The molecule has 0 aliphatic carbocycles. The van der Waals surface area contributed by atoms with Crippen molar-refractivity contribution in [2.45, 2.75) is 129 Å². The highest BCUT2D eigenvalue weighted by atomic mass is 16.6. The van der Waals surface area contributed by atoms with Crippen LogP contribution in [0, 0.1) is 5.92 Å². The third kappa shape index (κ3) is 18.6. The fourth-order valence-electron chi connectivity index (χ4n) is 5.32. The van der Waals surface area contributed by atoms with Crippen LogP contribution in [0.15, 0.2) is 60.7 Å². The van der Waals surface area contributed by atoms with Crippen LogP contribution in [0.2, 0.25) is 0 Å². The zero-order chi connectivity index (χ0) is 40.5. The van der Waals surface area contributed by atoms with E-state index in [1.54, 1.807) is 65.8 Å².